The lowest BCUT2D eigenvalue weighted by Crippen LogP contribution is -2.50. The monoisotopic (exact) mass is 251 g/mol. The summed E-state index contributed by atoms with van der Waals surface area (Å²) >= 11 is 0. The number of ether oxygens (including phenoxy) is 1. The van der Waals surface area contributed by atoms with E-state index in [4.69, 9.17) is 4.74 Å². The smallest absolute Gasteiger partial charge is 0.0692 e. The van der Waals surface area contributed by atoms with E-state index in [-0.39, 0.29) is 5.60 Å². The minimum Gasteiger partial charge on any atom is -0.375 e. The molecule has 0 aromatic rings. The highest BCUT2D eigenvalue weighted by Gasteiger charge is 2.43. The summed E-state index contributed by atoms with van der Waals surface area (Å²) in [7, 11) is 0. The van der Waals surface area contributed by atoms with E-state index in [2.05, 4.69) is 19.2 Å². The van der Waals surface area contributed by atoms with Crippen LogP contribution in [0.15, 0.2) is 0 Å². The van der Waals surface area contributed by atoms with Crippen LogP contribution in [0.1, 0.15) is 65.2 Å². The zero-order chi connectivity index (χ0) is 12.6. The highest BCUT2D eigenvalue weighted by Crippen LogP contribution is 2.45. The van der Waals surface area contributed by atoms with Crippen LogP contribution in [0.4, 0.5) is 0 Å². The highest BCUT2D eigenvalue weighted by molar-refractivity contribution is 4.99. The van der Waals surface area contributed by atoms with Crippen molar-refractivity contribution >= 4 is 0 Å². The van der Waals surface area contributed by atoms with Gasteiger partial charge >= 0.3 is 0 Å². The van der Waals surface area contributed by atoms with Crippen molar-refractivity contribution in [1.29, 1.82) is 0 Å². The van der Waals surface area contributed by atoms with E-state index in [1.807, 2.05) is 0 Å². The topological polar surface area (TPSA) is 21.3 Å². The van der Waals surface area contributed by atoms with Gasteiger partial charge in [0.1, 0.15) is 0 Å². The van der Waals surface area contributed by atoms with Gasteiger partial charge in [-0.05, 0) is 63.2 Å². The Kier molecular flexibility index (Phi) is 3.68. The Bertz CT molecular complexity index is 267. The van der Waals surface area contributed by atoms with E-state index < -0.39 is 0 Å². The summed E-state index contributed by atoms with van der Waals surface area (Å²) < 4.78 is 6.09. The van der Waals surface area contributed by atoms with Crippen molar-refractivity contribution in [2.75, 3.05) is 6.61 Å². The summed E-state index contributed by atoms with van der Waals surface area (Å²) in [5, 5.41) is 4.02. The first-order valence-electron chi connectivity index (χ1n) is 8.16. The van der Waals surface area contributed by atoms with Crippen molar-refractivity contribution in [2.24, 2.45) is 11.8 Å². The first-order chi connectivity index (χ1) is 8.76. The first-order valence-corrected chi connectivity index (χ1v) is 8.16. The fourth-order valence-corrected chi connectivity index (χ4v) is 3.75. The maximum absolute atomic E-state index is 6.09. The van der Waals surface area contributed by atoms with Crippen LogP contribution in [-0.2, 0) is 4.74 Å². The van der Waals surface area contributed by atoms with Crippen molar-refractivity contribution < 1.29 is 4.74 Å². The molecule has 0 spiro atoms. The molecule has 1 heterocycles. The fourth-order valence-electron chi connectivity index (χ4n) is 3.75. The second-order valence-corrected chi connectivity index (χ2v) is 6.80. The van der Waals surface area contributed by atoms with E-state index in [1.54, 1.807) is 0 Å². The lowest BCUT2D eigenvalue weighted by atomic mass is 9.85. The Morgan fingerprint density at radius 3 is 2.17 bits per heavy atom. The first kappa shape index (κ1) is 12.9. The summed E-state index contributed by atoms with van der Waals surface area (Å²) in [6, 6.07) is 1.56. The minimum atomic E-state index is 0.174. The Balaban J connectivity index is 1.57. The summed E-state index contributed by atoms with van der Waals surface area (Å²) in [6.45, 7) is 5.53. The zero-order valence-corrected chi connectivity index (χ0v) is 12.1. The average molecular weight is 251 g/mol. The van der Waals surface area contributed by atoms with Crippen molar-refractivity contribution in [1.82, 2.24) is 5.32 Å². The number of hydrogen-bond acceptors (Lipinski definition) is 2. The Morgan fingerprint density at radius 2 is 1.67 bits per heavy atom. The van der Waals surface area contributed by atoms with Crippen LogP contribution in [0.3, 0.4) is 0 Å². The van der Waals surface area contributed by atoms with Crippen molar-refractivity contribution in [3.05, 3.63) is 0 Å². The minimum absolute atomic E-state index is 0.174. The summed E-state index contributed by atoms with van der Waals surface area (Å²) in [4.78, 5) is 0. The van der Waals surface area contributed by atoms with Gasteiger partial charge in [0.15, 0.2) is 0 Å². The molecule has 1 atom stereocenters. The molecule has 0 aromatic heterocycles. The molecule has 0 radical (unpaired) electrons. The molecular formula is C16H29NO. The Labute approximate surface area is 112 Å². The predicted molar refractivity (Wildman–Crippen MR) is 74.7 cm³/mol. The van der Waals surface area contributed by atoms with Gasteiger partial charge in [-0.25, -0.2) is 0 Å². The highest BCUT2D eigenvalue weighted by atomic mass is 16.5. The predicted octanol–water partition coefficient (Wildman–Crippen LogP) is 3.50. The maximum atomic E-state index is 6.09. The second kappa shape index (κ2) is 5.13. The van der Waals surface area contributed by atoms with Gasteiger partial charge in [0.05, 0.1) is 5.60 Å². The van der Waals surface area contributed by atoms with E-state index in [9.17, 15) is 0 Å². The Morgan fingerprint density at radius 1 is 1.06 bits per heavy atom. The SMILES string of the molecule is CCC1(CC)CC(NC(C2CC2)C2CC2)CCO1. The van der Waals surface area contributed by atoms with Gasteiger partial charge in [-0.2, -0.15) is 0 Å². The van der Waals surface area contributed by atoms with Crippen LogP contribution >= 0.6 is 0 Å². The lowest BCUT2D eigenvalue weighted by molar-refractivity contribution is -0.0945. The molecule has 3 fully saturated rings. The van der Waals surface area contributed by atoms with E-state index in [0.29, 0.717) is 6.04 Å². The number of hydrogen-bond donors (Lipinski definition) is 1. The maximum Gasteiger partial charge on any atom is 0.0692 e. The van der Waals surface area contributed by atoms with Crippen LogP contribution in [-0.4, -0.2) is 24.3 Å². The Hall–Kier alpha value is -0.0800. The van der Waals surface area contributed by atoms with Crippen molar-refractivity contribution in [3.8, 4) is 0 Å². The number of rotatable bonds is 6. The average Bonchev–Trinajstić information content (AvgIpc) is 3.29. The second-order valence-electron chi connectivity index (χ2n) is 6.80. The van der Waals surface area contributed by atoms with Gasteiger partial charge in [0.25, 0.3) is 0 Å². The lowest BCUT2D eigenvalue weighted by Gasteiger charge is -2.41. The largest absolute Gasteiger partial charge is 0.375 e. The molecule has 1 saturated heterocycles. The van der Waals surface area contributed by atoms with Crippen LogP contribution < -0.4 is 5.32 Å². The zero-order valence-electron chi connectivity index (χ0n) is 12.1. The van der Waals surface area contributed by atoms with Crippen LogP contribution in [0.25, 0.3) is 0 Å². The fraction of sp³-hybridized carbons (Fsp3) is 1.00. The molecule has 2 saturated carbocycles. The molecule has 3 rings (SSSR count). The molecule has 0 bridgehead atoms. The van der Waals surface area contributed by atoms with E-state index in [1.165, 1.54) is 51.4 Å². The third-order valence-electron chi connectivity index (χ3n) is 5.47. The molecule has 104 valence electrons. The van der Waals surface area contributed by atoms with Gasteiger partial charge < -0.3 is 10.1 Å². The molecule has 2 heteroatoms. The third kappa shape index (κ3) is 2.75. The van der Waals surface area contributed by atoms with Gasteiger partial charge in [-0.3, -0.25) is 0 Å². The molecule has 3 aliphatic rings. The molecule has 1 unspecified atom stereocenters. The van der Waals surface area contributed by atoms with Gasteiger partial charge in [0, 0.05) is 18.7 Å². The van der Waals surface area contributed by atoms with Crippen LogP contribution in [0.2, 0.25) is 0 Å². The number of nitrogens with one attached hydrogen (secondary N) is 1. The van der Waals surface area contributed by atoms with E-state index in [0.717, 1.165) is 24.5 Å². The standard InChI is InChI=1S/C16H29NO/c1-3-16(4-2)11-14(9-10-18-16)17-15(12-5-6-12)13-7-8-13/h12-15,17H,3-11H2,1-2H3. The molecule has 1 N–H and O–H groups in total. The summed E-state index contributed by atoms with van der Waals surface area (Å²) in [5.74, 6) is 2.02. The molecule has 18 heavy (non-hydrogen) atoms. The van der Waals surface area contributed by atoms with Crippen molar-refractivity contribution in [3.63, 3.8) is 0 Å². The van der Waals surface area contributed by atoms with Crippen LogP contribution in [0, 0.1) is 11.8 Å². The van der Waals surface area contributed by atoms with Gasteiger partial charge in [-0.15, -0.1) is 0 Å². The van der Waals surface area contributed by atoms with Gasteiger partial charge in [0.2, 0.25) is 0 Å². The molecule has 2 nitrogen and oxygen atoms in total. The van der Waals surface area contributed by atoms with Gasteiger partial charge in [-0.1, -0.05) is 13.8 Å². The van der Waals surface area contributed by atoms with Crippen molar-refractivity contribution in [2.45, 2.75) is 82.9 Å². The molecular weight excluding hydrogens is 222 g/mol. The summed E-state index contributed by atoms with van der Waals surface area (Å²) in [6.07, 6.45) is 10.7. The summed E-state index contributed by atoms with van der Waals surface area (Å²) in [5.41, 5.74) is 0.174. The van der Waals surface area contributed by atoms with Crippen LogP contribution in [0.5, 0.6) is 0 Å². The quantitative estimate of drug-likeness (QED) is 0.780. The third-order valence-corrected chi connectivity index (χ3v) is 5.47. The molecule has 0 amide bonds. The normalized spacial score (nSPS) is 31.8. The molecule has 2 aliphatic carbocycles. The van der Waals surface area contributed by atoms with E-state index >= 15 is 0 Å². The molecule has 1 aliphatic heterocycles. The molecule has 0 aromatic carbocycles.